The number of halogens is 1. The number of nitrogens with one attached hydrogen (secondary N) is 1. The Morgan fingerprint density at radius 1 is 1.19 bits per heavy atom. The second kappa shape index (κ2) is 5.89. The normalized spacial score (nSPS) is 12.6. The molecule has 0 bridgehead atoms. The van der Waals surface area contributed by atoms with E-state index in [9.17, 15) is 14.7 Å². The van der Waals surface area contributed by atoms with E-state index in [2.05, 4.69) is 20.9 Å². The van der Waals surface area contributed by atoms with Gasteiger partial charge in [-0.05, 0) is 18.9 Å². The highest BCUT2D eigenvalue weighted by Gasteiger charge is 2.22. The maximum Gasteiger partial charge on any atom is 0.331 e. The topological polar surface area (TPSA) is 75.1 Å². The van der Waals surface area contributed by atoms with E-state index < -0.39 is 11.2 Å². The lowest BCUT2D eigenvalue weighted by atomic mass is 10.0. The molecule has 0 amide bonds. The molecule has 1 aromatic heterocycles. The van der Waals surface area contributed by atoms with Gasteiger partial charge in [-0.2, -0.15) is 0 Å². The Morgan fingerprint density at radius 3 is 2.38 bits per heavy atom. The zero-order valence-corrected chi connectivity index (χ0v) is 13.6. The minimum Gasteiger partial charge on any atom is -0.494 e. The van der Waals surface area contributed by atoms with Crippen molar-refractivity contribution in [3.63, 3.8) is 0 Å². The Labute approximate surface area is 130 Å². The van der Waals surface area contributed by atoms with Crippen molar-refractivity contribution in [3.8, 4) is 17.0 Å². The summed E-state index contributed by atoms with van der Waals surface area (Å²) in [6, 6.07) is 6.82. The minimum absolute atomic E-state index is 0.0922. The van der Waals surface area contributed by atoms with Crippen molar-refractivity contribution >= 4 is 15.9 Å². The van der Waals surface area contributed by atoms with Crippen molar-refractivity contribution in [2.75, 3.05) is 0 Å². The third-order valence-electron chi connectivity index (χ3n) is 3.63. The second-order valence-corrected chi connectivity index (χ2v) is 6.15. The van der Waals surface area contributed by atoms with Crippen LogP contribution in [-0.2, 0) is 0 Å². The van der Waals surface area contributed by atoms with Gasteiger partial charge in [0.15, 0.2) is 0 Å². The first-order valence-corrected chi connectivity index (χ1v) is 7.46. The summed E-state index contributed by atoms with van der Waals surface area (Å²) >= 11 is 3.36. The van der Waals surface area contributed by atoms with Gasteiger partial charge in [-0.25, -0.2) is 4.79 Å². The predicted molar refractivity (Wildman–Crippen MR) is 85.7 cm³/mol. The van der Waals surface area contributed by atoms with Crippen molar-refractivity contribution in [2.45, 2.75) is 26.8 Å². The molecule has 0 radical (unpaired) electrons. The maximum atomic E-state index is 12.1. The van der Waals surface area contributed by atoms with Crippen LogP contribution in [0.25, 0.3) is 11.1 Å². The van der Waals surface area contributed by atoms with Crippen molar-refractivity contribution in [1.82, 2.24) is 9.55 Å². The molecule has 1 atom stereocenters. The average Bonchev–Trinajstić information content (AvgIpc) is 2.40. The summed E-state index contributed by atoms with van der Waals surface area (Å²) in [5.74, 6) is -0.177. The standard InChI is InChI=1S/C15H17BrN2O3/c1-8(2)9(3)18-14(20)12(13(19)17-15(18)21)10-6-4-5-7-11(10)16/h4-9,20H,1-3H3,(H,17,19,21). The predicted octanol–water partition coefficient (Wildman–Crippen LogP) is 2.89. The Hall–Kier alpha value is -1.82. The molecule has 0 fully saturated rings. The number of H-pyrrole nitrogens is 1. The van der Waals surface area contributed by atoms with E-state index in [1.165, 1.54) is 4.57 Å². The van der Waals surface area contributed by atoms with E-state index in [4.69, 9.17) is 0 Å². The highest BCUT2D eigenvalue weighted by Crippen LogP contribution is 2.32. The van der Waals surface area contributed by atoms with Crippen LogP contribution in [0.1, 0.15) is 26.8 Å². The zero-order valence-electron chi connectivity index (χ0n) is 12.1. The molecule has 112 valence electrons. The number of aromatic amines is 1. The summed E-state index contributed by atoms with van der Waals surface area (Å²) < 4.78 is 1.90. The highest BCUT2D eigenvalue weighted by atomic mass is 79.9. The van der Waals surface area contributed by atoms with E-state index in [0.29, 0.717) is 10.0 Å². The van der Waals surface area contributed by atoms with Crippen LogP contribution in [0.2, 0.25) is 0 Å². The summed E-state index contributed by atoms with van der Waals surface area (Å²) in [5.41, 5.74) is -0.568. The van der Waals surface area contributed by atoms with Crippen molar-refractivity contribution in [2.24, 2.45) is 5.92 Å². The van der Waals surface area contributed by atoms with E-state index in [1.54, 1.807) is 18.2 Å². The lowest BCUT2D eigenvalue weighted by Gasteiger charge is -2.21. The number of aromatic hydroxyl groups is 1. The molecule has 0 saturated carbocycles. The molecular formula is C15H17BrN2O3. The molecular weight excluding hydrogens is 336 g/mol. The lowest BCUT2D eigenvalue weighted by Crippen LogP contribution is -2.34. The number of aromatic nitrogens is 2. The van der Waals surface area contributed by atoms with Gasteiger partial charge >= 0.3 is 5.69 Å². The van der Waals surface area contributed by atoms with Gasteiger partial charge in [0.25, 0.3) is 5.56 Å². The Kier molecular flexibility index (Phi) is 4.37. The first-order valence-electron chi connectivity index (χ1n) is 6.67. The molecule has 0 aliphatic heterocycles. The third kappa shape index (κ3) is 2.81. The molecule has 6 heteroatoms. The van der Waals surface area contributed by atoms with Gasteiger partial charge in [-0.1, -0.05) is 48.0 Å². The number of hydrogen-bond acceptors (Lipinski definition) is 3. The first-order chi connectivity index (χ1) is 9.84. The molecule has 1 aromatic carbocycles. The van der Waals surface area contributed by atoms with Gasteiger partial charge in [-0.3, -0.25) is 14.3 Å². The van der Waals surface area contributed by atoms with Crippen molar-refractivity contribution < 1.29 is 5.11 Å². The molecule has 5 nitrogen and oxygen atoms in total. The van der Waals surface area contributed by atoms with E-state index in [0.717, 1.165) is 0 Å². The molecule has 1 heterocycles. The zero-order chi connectivity index (χ0) is 15.7. The van der Waals surface area contributed by atoms with E-state index in [-0.39, 0.29) is 23.4 Å². The first kappa shape index (κ1) is 15.6. The van der Waals surface area contributed by atoms with Crippen LogP contribution >= 0.6 is 15.9 Å². The SMILES string of the molecule is CC(C)C(C)n1c(O)c(-c2ccccc2Br)c(=O)[nH]c1=O. The molecule has 2 N–H and O–H groups in total. The van der Waals surface area contributed by atoms with Gasteiger partial charge in [0.1, 0.15) is 5.56 Å². The van der Waals surface area contributed by atoms with Crippen molar-refractivity contribution in [3.05, 3.63) is 49.6 Å². The van der Waals surface area contributed by atoms with Gasteiger partial charge in [0.05, 0.1) is 0 Å². The van der Waals surface area contributed by atoms with Crippen molar-refractivity contribution in [1.29, 1.82) is 0 Å². The number of rotatable bonds is 3. The molecule has 0 aliphatic carbocycles. The van der Waals surface area contributed by atoms with Crippen LogP contribution in [-0.4, -0.2) is 14.7 Å². The van der Waals surface area contributed by atoms with Crippen LogP contribution < -0.4 is 11.2 Å². The fraction of sp³-hybridized carbons (Fsp3) is 0.333. The quantitative estimate of drug-likeness (QED) is 0.891. The summed E-state index contributed by atoms with van der Waals surface area (Å²) in [4.78, 5) is 26.4. The molecule has 2 aromatic rings. The van der Waals surface area contributed by atoms with E-state index >= 15 is 0 Å². The van der Waals surface area contributed by atoms with Crippen LogP contribution in [0.15, 0.2) is 38.3 Å². The largest absolute Gasteiger partial charge is 0.494 e. The minimum atomic E-state index is -0.602. The smallest absolute Gasteiger partial charge is 0.331 e. The summed E-state index contributed by atoms with van der Waals surface area (Å²) in [6.45, 7) is 5.72. The summed E-state index contributed by atoms with van der Waals surface area (Å²) in [7, 11) is 0. The van der Waals surface area contributed by atoms with Gasteiger partial charge in [-0.15, -0.1) is 0 Å². The number of nitrogens with zero attached hydrogens (tertiary/aromatic N) is 1. The lowest BCUT2D eigenvalue weighted by molar-refractivity contribution is 0.326. The fourth-order valence-corrected chi connectivity index (χ4v) is 2.60. The monoisotopic (exact) mass is 352 g/mol. The molecule has 21 heavy (non-hydrogen) atoms. The molecule has 0 spiro atoms. The average molecular weight is 353 g/mol. The highest BCUT2D eigenvalue weighted by molar-refractivity contribution is 9.10. The van der Waals surface area contributed by atoms with Gasteiger partial charge in [0, 0.05) is 16.1 Å². The fourth-order valence-electron chi connectivity index (χ4n) is 2.12. The number of hydrogen-bond donors (Lipinski definition) is 2. The Balaban J connectivity index is 2.81. The van der Waals surface area contributed by atoms with Gasteiger partial charge in [0.2, 0.25) is 5.88 Å². The van der Waals surface area contributed by atoms with Crippen LogP contribution in [0.3, 0.4) is 0 Å². The molecule has 2 rings (SSSR count). The van der Waals surface area contributed by atoms with Gasteiger partial charge < -0.3 is 5.11 Å². The Morgan fingerprint density at radius 2 is 1.81 bits per heavy atom. The molecule has 0 aliphatic rings. The molecule has 1 unspecified atom stereocenters. The van der Waals surface area contributed by atoms with Crippen LogP contribution in [0, 0.1) is 5.92 Å². The summed E-state index contributed by atoms with van der Waals surface area (Å²) in [5, 5.41) is 10.5. The van der Waals surface area contributed by atoms with E-state index in [1.807, 2.05) is 26.8 Å². The summed E-state index contributed by atoms with van der Waals surface area (Å²) in [6.07, 6.45) is 0. The van der Waals surface area contributed by atoms with Crippen LogP contribution in [0.5, 0.6) is 5.88 Å². The number of benzene rings is 1. The molecule has 0 saturated heterocycles. The van der Waals surface area contributed by atoms with Crippen LogP contribution in [0.4, 0.5) is 0 Å². The Bertz CT molecular complexity index is 777. The second-order valence-electron chi connectivity index (χ2n) is 5.29. The maximum absolute atomic E-state index is 12.1. The third-order valence-corrected chi connectivity index (χ3v) is 4.32.